The van der Waals surface area contributed by atoms with Crippen molar-refractivity contribution in [2.24, 2.45) is 11.7 Å². The normalized spacial score (nSPS) is 19.8. The molecule has 236 valence electrons. The number of hydrogen-bond acceptors (Lipinski definition) is 8. The fourth-order valence-corrected chi connectivity index (χ4v) is 7.02. The molecule has 44 heavy (non-hydrogen) atoms. The first-order valence-electron chi connectivity index (χ1n) is 15.8. The largest absolute Gasteiger partial charge is 0.508 e. The number of phenols is 1. The number of aryl methyl sites for hydroxylation is 1. The van der Waals surface area contributed by atoms with Gasteiger partial charge >= 0.3 is 6.01 Å². The molecule has 3 saturated heterocycles. The number of aromatic nitrogens is 3. The van der Waals surface area contributed by atoms with Crippen LogP contribution in [0.2, 0.25) is 0 Å². The van der Waals surface area contributed by atoms with Crippen LogP contribution in [0.25, 0.3) is 32.9 Å². The minimum atomic E-state index is -0.662. The van der Waals surface area contributed by atoms with Gasteiger partial charge in [-0.05, 0) is 99.0 Å². The van der Waals surface area contributed by atoms with Gasteiger partial charge in [0.1, 0.15) is 28.6 Å². The van der Waals surface area contributed by atoms with E-state index in [0.29, 0.717) is 39.5 Å². The number of benzene rings is 2. The van der Waals surface area contributed by atoms with Crippen LogP contribution in [0.4, 0.5) is 14.6 Å². The van der Waals surface area contributed by atoms with Crippen LogP contribution in [0.5, 0.6) is 11.8 Å². The second kappa shape index (κ2) is 14.0. The highest BCUT2D eigenvalue weighted by atomic mass is 19.1. The molecule has 3 fully saturated rings. The fraction of sp³-hybridized carbons (Fsp3) is 0.500. The number of piperidine rings is 1. The summed E-state index contributed by atoms with van der Waals surface area (Å²) < 4.78 is 35.9. The van der Waals surface area contributed by atoms with Crippen molar-refractivity contribution in [3.8, 4) is 23.0 Å². The van der Waals surface area contributed by atoms with Crippen molar-refractivity contribution in [1.82, 2.24) is 19.9 Å². The second-order valence-electron chi connectivity index (χ2n) is 11.9. The fourth-order valence-electron chi connectivity index (χ4n) is 7.02. The molecule has 3 N–H and O–H groups in total. The van der Waals surface area contributed by atoms with Crippen LogP contribution >= 0.6 is 0 Å². The summed E-state index contributed by atoms with van der Waals surface area (Å²) in [5.41, 5.74) is 5.34. The molecule has 0 amide bonds. The summed E-state index contributed by atoms with van der Waals surface area (Å²) in [7, 11) is 2.94. The molecule has 7 rings (SSSR count). The van der Waals surface area contributed by atoms with E-state index in [1.54, 1.807) is 12.3 Å². The molecule has 0 radical (unpaired) electrons. The van der Waals surface area contributed by atoms with Gasteiger partial charge in [-0.15, -0.1) is 0 Å². The number of phenolic OH excluding ortho intramolecular Hbond substituents is 1. The molecule has 2 atom stereocenters. The van der Waals surface area contributed by atoms with E-state index < -0.39 is 5.82 Å². The second-order valence-corrected chi connectivity index (χ2v) is 11.9. The van der Waals surface area contributed by atoms with Crippen LogP contribution in [-0.2, 0) is 6.42 Å². The average Bonchev–Trinajstić information content (AvgIpc) is 3.63. The van der Waals surface area contributed by atoms with E-state index in [-0.39, 0.29) is 28.8 Å². The molecule has 2 unspecified atom stereocenters. The number of methoxy groups -OCH3 is 1. The van der Waals surface area contributed by atoms with Gasteiger partial charge in [0, 0.05) is 37.4 Å². The minimum absolute atomic E-state index is 0.00551. The third-order valence-electron chi connectivity index (χ3n) is 8.96. The highest BCUT2D eigenvalue weighted by Crippen LogP contribution is 2.39. The van der Waals surface area contributed by atoms with Crippen molar-refractivity contribution in [3.63, 3.8) is 0 Å². The number of anilines is 1. The van der Waals surface area contributed by atoms with Crippen LogP contribution in [0, 0.1) is 17.6 Å². The van der Waals surface area contributed by atoms with Gasteiger partial charge in [-0.3, -0.25) is 4.98 Å². The van der Waals surface area contributed by atoms with Crippen molar-refractivity contribution < 1.29 is 18.6 Å². The van der Waals surface area contributed by atoms with Crippen LogP contribution < -0.4 is 15.4 Å². The lowest BCUT2D eigenvalue weighted by atomic mass is 9.94. The SMILES string of the molecule is CC1CC2CCCN2C1.CCc1c(F)ccc2cc(O)cc(-c3ncc4c(N5CCCCC5)nc(OC)nc4c3F)c12.CN. The van der Waals surface area contributed by atoms with E-state index in [0.717, 1.165) is 44.3 Å². The van der Waals surface area contributed by atoms with Crippen molar-refractivity contribution in [3.05, 3.63) is 47.7 Å². The summed E-state index contributed by atoms with van der Waals surface area (Å²) >= 11 is 0. The number of halogens is 2. The van der Waals surface area contributed by atoms with Gasteiger partial charge in [0.2, 0.25) is 0 Å². The summed E-state index contributed by atoms with van der Waals surface area (Å²) in [5, 5.41) is 11.9. The molecule has 3 aliphatic heterocycles. The van der Waals surface area contributed by atoms with Gasteiger partial charge in [0.15, 0.2) is 5.82 Å². The quantitative estimate of drug-likeness (QED) is 0.273. The molecule has 0 aliphatic carbocycles. The highest BCUT2D eigenvalue weighted by molar-refractivity contribution is 6.01. The maximum absolute atomic E-state index is 16.0. The first-order valence-corrected chi connectivity index (χ1v) is 15.8. The average molecular weight is 607 g/mol. The lowest BCUT2D eigenvalue weighted by Gasteiger charge is -2.28. The number of nitrogens with zero attached hydrogens (tertiary/aromatic N) is 5. The van der Waals surface area contributed by atoms with E-state index >= 15 is 4.39 Å². The Morgan fingerprint density at radius 2 is 1.82 bits per heavy atom. The predicted octanol–water partition coefficient (Wildman–Crippen LogP) is 6.46. The maximum Gasteiger partial charge on any atom is 0.318 e. The number of pyridine rings is 1. The summed E-state index contributed by atoms with van der Waals surface area (Å²) in [6, 6.07) is 6.95. The lowest BCUT2D eigenvalue weighted by Crippen LogP contribution is -2.30. The third kappa shape index (κ3) is 6.28. The number of rotatable bonds is 4. The topological polar surface area (TPSA) is 101 Å². The molecule has 0 saturated carbocycles. The zero-order chi connectivity index (χ0) is 31.4. The molecule has 8 nitrogen and oxygen atoms in total. The first kappa shape index (κ1) is 31.8. The zero-order valence-electron chi connectivity index (χ0n) is 26.2. The van der Waals surface area contributed by atoms with E-state index in [9.17, 15) is 9.50 Å². The number of nitrogens with two attached hydrogens (primary N) is 1. The molecule has 2 aromatic carbocycles. The Hall–Kier alpha value is -3.63. The number of ether oxygens (including phenoxy) is 1. The van der Waals surface area contributed by atoms with Crippen LogP contribution in [0.1, 0.15) is 57.9 Å². The van der Waals surface area contributed by atoms with Crippen molar-refractivity contribution >= 4 is 27.5 Å². The lowest BCUT2D eigenvalue weighted by molar-refractivity contribution is 0.319. The van der Waals surface area contributed by atoms with Gasteiger partial charge in [0.25, 0.3) is 0 Å². The molecule has 5 heterocycles. The van der Waals surface area contributed by atoms with E-state index in [1.807, 2.05) is 6.92 Å². The number of fused-ring (bicyclic) bond motifs is 3. The molecule has 3 aliphatic rings. The molecule has 0 spiro atoms. The van der Waals surface area contributed by atoms with Gasteiger partial charge in [-0.25, -0.2) is 8.78 Å². The Bertz CT molecular complexity index is 1600. The Morgan fingerprint density at radius 3 is 2.52 bits per heavy atom. The molecular formula is C34H44F2N6O2. The van der Waals surface area contributed by atoms with E-state index in [4.69, 9.17) is 4.74 Å². The summed E-state index contributed by atoms with van der Waals surface area (Å²) in [4.78, 5) is 18.0. The van der Waals surface area contributed by atoms with Crippen molar-refractivity contribution in [1.29, 1.82) is 0 Å². The zero-order valence-corrected chi connectivity index (χ0v) is 26.2. The Kier molecular flexibility index (Phi) is 10.1. The van der Waals surface area contributed by atoms with Gasteiger partial charge in [0.05, 0.1) is 12.5 Å². The molecule has 0 bridgehead atoms. The highest BCUT2D eigenvalue weighted by Gasteiger charge is 2.32. The molecule has 4 aromatic rings. The third-order valence-corrected chi connectivity index (χ3v) is 8.96. The van der Waals surface area contributed by atoms with Gasteiger partial charge in [-0.1, -0.05) is 19.9 Å². The van der Waals surface area contributed by atoms with Crippen LogP contribution in [0.3, 0.4) is 0 Å². The summed E-state index contributed by atoms with van der Waals surface area (Å²) in [5.74, 6) is 0.479. The van der Waals surface area contributed by atoms with Crippen LogP contribution in [0.15, 0.2) is 30.5 Å². The minimum Gasteiger partial charge on any atom is -0.508 e. The monoisotopic (exact) mass is 606 g/mol. The molecular weight excluding hydrogens is 562 g/mol. The van der Waals surface area contributed by atoms with Gasteiger partial charge < -0.3 is 25.4 Å². The Balaban J connectivity index is 0.000000294. The molecule has 2 aromatic heterocycles. The summed E-state index contributed by atoms with van der Waals surface area (Å²) in [6.07, 6.45) is 9.57. The van der Waals surface area contributed by atoms with Crippen molar-refractivity contribution in [2.45, 2.75) is 64.8 Å². The first-order chi connectivity index (χ1) is 21.4. The smallest absolute Gasteiger partial charge is 0.318 e. The maximum atomic E-state index is 16.0. The van der Waals surface area contributed by atoms with Crippen LogP contribution in [-0.4, -0.2) is 71.3 Å². The van der Waals surface area contributed by atoms with Gasteiger partial charge in [-0.2, -0.15) is 9.97 Å². The summed E-state index contributed by atoms with van der Waals surface area (Å²) in [6.45, 7) is 8.60. The molecule has 10 heteroatoms. The predicted molar refractivity (Wildman–Crippen MR) is 172 cm³/mol. The van der Waals surface area contributed by atoms with Crippen molar-refractivity contribution in [2.75, 3.05) is 45.2 Å². The van der Waals surface area contributed by atoms with E-state index in [1.165, 1.54) is 64.7 Å². The van der Waals surface area contributed by atoms with E-state index in [2.05, 4.69) is 37.4 Å². The standard InChI is InChI=1S/C25H24F2N4O2.C8H15N.CH5N/c1-3-16-19(26)8-7-14-11-15(32)12-17(20(14)16)22-21(27)23-18(13-28-22)24(30-25(29-23)33-2)31-9-5-4-6-10-31;1-7-5-8-3-2-4-9(8)6-7;1-2/h7-8,11-13,32H,3-6,9-10H2,1-2H3;7-8H,2-6H2,1H3;2H2,1H3. The number of hydrogen-bond donors (Lipinski definition) is 2. The number of aromatic hydroxyl groups is 1. The Labute approximate surface area is 258 Å². The Morgan fingerprint density at radius 1 is 1.05 bits per heavy atom.